The molecule has 1 aromatic rings. The first-order valence-corrected chi connectivity index (χ1v) is 7.26. The predicted octanol–water partition coefficient (Wildman–Crippen LogP) is 3.92. The molecule has 0 aliphatic carbocycles. The highest BCUT2D eigenvalue weighted by Crippen LogP contribution is 2.37. The maximum absolute atomic E-state index is 3.61. The van der Waals surface area contributed by atoms with Gasteiger partial charge in [0.25, 0.3) is 0 Å². The molecule has 0 amide bonds. The van der Waals surface area contributed by atoms with E-state index in [4.69, 9.17) is 0 Å². The Morgan fingerprint density at radius 2 is 2.13 bits per heavy atom. The monoisotopic (exact) mass is 287 g/mol. The smallest absolute Gasteiger partial charge is 0.0314 e. The molecule has 1 atom stereocenters. The van der Waals surface area contributed by atoms with Crippen molar-refractivity contribution in [1.82, 2.24) is 5.32 Å². The zero-order valence-corrected chi connectivity index (χ0v) is 11.7. The van der Waals surface area contributed by atoms with E-state index < -0.39 is 0 Å². The van der Waals surface area contributed by atoms with Crippen LogP contribution in [-0.2, 0) is 0 Å². The lowest BCUT2D eigenvalue weighted by molar-refractivity contribution is 0.333. The number of halogens is 1. The third-order valence-electron chi connectivity index (χ3n) is 3.42. The third-order valence-corrected chi connectivity index (χ3v) is 5.75. The van der Waals surface area contributed by atoms with Crippen molar-refractivity contribution in [2.45, 2.75) is 32.6 Å². The molecule has 1 saturated heterocycles. The molecular formula is C12H18BrNS. The maximum atomic E-state index is 3.61. The molecule has 0 radical (unpaired) electrons. The van der Waals surface area contributed by atoms with Crippen molar-refractivity contribution in [3.8, 4) is 0 Å². The molecule has 2 heterocycles. The van der Waals surface area contributed by atoms with Gasteiger partial charge in [0.1, 0.15) is 0 Å². The lowest BCUT2D eigenvalue weighted by Gasteiger charge is -2.27. The summed E-state index contributed by atoms with van der Waals surface area (Å²) in [7, 11) is 0. The number of thiophene rings is 1. The van der Waals surface area contributed by atoms with Gasteiger partial charge in [-0.3, -0.25) is 0 Å². The number of piperidine rings is 1. The summed E-state index contributed by atoms with van der Waals surface area (Å²) in [6.45, 7) is 6.96. The molecule has 2 rings (SSSR count). The summed E-state index contributed by atoms with van der Waals surface area (Å²) in [5.74, 6) is 1.60. The average molecular weight is 288 g/mol. The fraction of sp³-hybridized carbons (Fsp3) is 0.667. The topological polar surface area (TPSA) is 12.0 Å². The minimum Gasteiger partial charge on any atom is -0.317 e. The SMILES string of the molecule is Cc1sc(C(C)C2CCNCC2)cc1Br. The molecule has 84 valence electrons. The summed E-state index contributed by atoms with van der Waals surface area (Å²) in [6, 6.07) is 2.31. The molecule has 1 nitrogen and oxygen atoms in total. The van der Waals surface area contributed by atoms with Crippen LogP contribution in [0, 0.1) is 12.8 Å². The molecule has 1 aliphatic heterocycles. The van der Waals surface area contributed by atoms with Crippen molar-refractivity contribution in [3.05, 3.63) is 20.3 Å². The molecule has 0 saturated carbocycles. The second kappa shape index (κ2) is 4.98. The Balaban J connectivity index is 2.08. The Hall–Kier alpha value is 0.140. The molecule has 3 heteroatoms. The van der Waals surface area contributed by atoms with Gasteiger partial charge in [-0.05, 0) is 66.7 Å². The van der Waals surface area contributed by atoms with Crippen LogP contribution in [0.25, 0.3) is 0 Å². The predicted molar refractivity (Wildman–Crippen MR) is 70.8 cm³/mol. The molecule has 1 aliphatic rings. The lowest BCUT2D eigenvalue weighted by atomic mass is 9.85. The second-order valence-corrected chi connectivity index (χ2v) is 6.57. The maximum Gasteiger partial charge on any atom is 0.0314 e. The largest absolute Gasteiger partial charge is 0.317 e. The van der Waals surface area contributed by atoms with Gasteiger partial charge in [0.2, 0.25) is 0 Å². The average Bonchev–Trinajstić information content (AvgIpc) is 2.59. The van der Waals surface area contributed by atoms with E-state index in [9.17, 15) is 0 Å². The van der Waals surface area contributed by atoms with Crippen LogP contribution >= 0.6 is 27.3 Å². The van der Waals surface area contributed by atoms with Crippen LogP contribution in [0.2, 0.25) is 0 Å². The van der Waals surface area contributed by atoms with Gasteiger partial charge in [-0.1, -0.05) is 6.92 Å². The first-order valence-electron chi connectivity index (χ1n) is 5.65. The van der Waals surface area contributed by atoms with Gasteiger partial charge in [0, 0.05) is 14.2 Å². The Morgan fingerprint density at radius 1 is 1.47 bits per heavy atom. The highest BCUT2D eigenvalue weighted by molar-refractivity contribution is 9.10. The van der Waals surface area contributed by atoms with E-state index in [1.807, 2.05) is 11.3 Å². The molecular weight excluding hydrogens is 270 g/mol. The standard InChI is InChI=1S/C12H18BrNS/c1-8(10-3-5-14-6-4-10)12-7-11(13)9(2)15-12/h7-8,10,14H,3-6H2,1-2H3. The van der Waals surface area contributed by atoms with Crippen LogP contribution in [0.4, 0.5) is 0 Å². The van der Waals surface area contributed by atoms with Gasteiger partial charge in [-0.15, -0.1) is 11.3 Å². The molecule has 0 spiro atoms. The summed E-state index contributed by atoms with van der Waals surface area (Å²) < 4.78 is 1.28. The van der Waals surface area contributed by atoms with E-state index in [-0.39, 0.29) is 0 Å². The van der Waals surface area contributed by atoms with Gasteiger partial charge in [0.15, 0.2) is 0 Å². The van der Waals surface area contributed by atoms with E-state index in [1.54, 1.807) is 4.88 Å². The van der Waals surface area contributed by atoms with Crippen molar-refractivity contribution < 1.29 is 0 Å². The van der Waals surface area contributed by atoms with Crippen molar-refractivity contribution in [2.24, 2.45) is 5.92 Å². The Labute approximate surface area is 104 Å². The van der Waals surface area contributed by atoms with Crippen LogP contribution in [0.15, 0.2) is 10.5 Å². The Morgan fingerprint density at radius 3 is 2.67 bits per heavy atom. The second-order valence-electron chi connectivity index (χ2n) is 4.43. The molecule has 0 bridgehead atoms. The van der Waals surface area contributed by atoms with Gasteiger partial charge in [-0.2, -0.15) is 0 Å². The van der Waals surface area contributed by atoms with E-state index in [2.05, 4.69) is 41.2 Å². The van der Waals surface area contributed by atoms with Crippen LogP contribution < -0.4 is 5.32 Å². The van der Waals surface area contributed by atoms with E-state index in [0.717, 1.165) is 11.8 Å². The van der Waals surface area contributed by atoms with Gasteiger partial charge in [0.05, 0.1) is 0 Å². The lowest BCUT2D eigenvalue weighted by Crippen LogP contribution is -2.29. The Kier molecular flexibility index (Phi) is 3.86. The number of hydrogen-bond donors (Lipinski definition) is 1. The summed E-state index contributed by atoms with van der Waals surface area (Å²) in [4.78, 5) is 2.96. The fourth-order valence-corrected chi connectivity index (χ4v) is 3.99. The number of nitrogens with one attached hydrogen (secondary N) is 1. The fourth-order valence-electron chi connectivity index (χ4n) is 2.28. The van der Waals surface area contributed by atoms with E-state index in [1.165, 1.54) is 35.3 Å². The van der Waals surface area contributed by atoms with Crippen LogP contribution in [0.5, 0.6) is 0 Å². The highest BCUT2D eigenvalue weighted by atomic mass is 79.9. The van der Waals surface area contributed by atoms with Gasteiger partial charge >= 0.3 is 0 Å². The van der Waals surface area contributed by atoms with Crippen molar-refractivity contribution >= 4 is 27.3 Å². The normalized spacial score (nSPS) is 20.5. The quantitative estimate of drug-likeness (QED) is 0.869. The highest BCUT2D eigenvalue weighted by Gasteiger charge is 2.22. The summed E-state index contributed by atoms with van der Waals surface area (Å²) in [5, 5.41) is 3.43. The minimum absolute atomic E-state index is 0.724. The first kappa shape index (κ1) is 11.6. The number of aryl methyl sites for hydroxylation is 1. The first-order chi connectivity index (χ1) is 7.18. The van der Waals surface area contributed by atoms with E-state index >= 15 is 0 Å². The molecule has 1 fully saturated rings. The van der Waals surface area contributed by atoms with Gasteiger partial charge in [-0.25, -0.2) is 0 Å². The summed E-state index contributed by atoms with van der Waals surface area (Å²) >= 11 is 5.56. The van der Waals surface area contributed by atoms with Crippen LogP contribution in [-0.4, -0.2) is 13.1 Å². The van der Waals surface area contributed by atoms with Crippen molar-refractivity contribution in [3.63, 3.8) is 0 Å². The zero-order chi connectivity index (χ0) is 10.8. The van der Waals surface area contributed by atoms with Crippen molar-refractivity contribution in [2.75, 3.05) is 13.1 Å². The summed E-state index contributed by atoms with van der Waals surface area (Å²) in [5.41, 5.74) is 0. The number of hydrogen-bond acceptors (Lipinski definition) is 2. The minimum atomic E-state index is 0.724. The molecule has 1 unspecified atom stereocenters. The summed E-state index contributed by atoms with van der Waals surface area (Å²) in [6.07, 6.45) is 2.66. The van der Waals surface area contributed by atoms with Crippen LogP contribution in [0.3, 0.4) is 0 Å². The van der Waals surface area contributed by atoms with Gasteiger partial charge < -0.3 is 5.32 Å². The van der Waals surface area contributed by atoms with Crippen LogP contribution in [0.1, 0.15) is 35.4 Å². The van der Waals surface area contributed by atoms with Crippen molar-refractivity contribution in [1.29, 1.82) is 0 Å². The number of rotatable bonds is 2. The zero-order valence-electron chi connectivity index (χ0n) is 9.35. The van der Waals surface area contributed by atoms with E-state index in [0.29, 0.717) is 0 Å². The molecule has 1 aromatic heterocycles. The molecule has 15 heavy (non-hydrogen) atoms. The third kappa shape index (κ3) is 2.63. The molecule has 1 N–H and O–H groups in total. The molecule has 0 aromatic carbocycles. The Bertz CT molecular complexity index is 309.